The third-order valence-corrected chi connectivity index (χ3v) is 4.00. The van der Waals surface area contributed by atoms with Crippen molar-refractivity contribution in [2.45, 2.75) is 31.7 Å². The molecule has 0 bridgehead atoms. The van der Waals surface area contributed by atoms with E-state index in [4.69, 9.17) is 5.26 Å². The van der Waals surface area contributed by atoms with Gasteiger partial charge in [-0.25, -0.2) is 0 Å². The summed E-state index contributed by atoms with van der Waals surface area (Å²) in [4.78, 5) is 23.5. The molecule has 102 valence electrons. The van der Waals surface area contributed by atoms with Crippen LogP contribution in [0.15, 0.2) is 18.2 Å². The van der Waals surface area contributed by atoms with Gasteiger partial charge >= 0.3 is 0 Å². The highest BCUT2D eigenvalue weighted by molar-refractivity contribution is 6.02. The number of rotatable bonds is 2. The first kappa shape index (κ1) is 12.7. The molecule has 0 spiro atoms. The maximum absolute atomic E-state index is 12.2. The molecule has 20 heavy (non-hydrogen) atoms. The van der Waals surface area contributed by atoms with Crippen molar-refractivity contribution in [3.8, 4) is 6.07 Å². The molecule has 2 aliphatic rings. The van der Waals surface area contributed by atoms with E-state index in [1.165, 1.54) is 0 Å². The van der Waals surface area contributed by atoms with Crippen molar-refractivity contribution in [3.63, 3.8) is 0 Å². The fourth-order valence-electron chi connectivity index (χ4n) is 2.89. The third kappa shape index (κ3) is 2.25. The van der Waals surface area contributed by atoms with Crippen LogP contribution in [-0.2, 0) is 11.2 Å². The van der Waals surface area contributed by atoms with Gasteiger partial charge in [-0.1, -0.05) is 6.07 Å². The third-order valence-electron chi connectivity index (χ3n) is 4.00. The van der Waals surface area contributed by atoms with Crippen LogP contribution in [0.4, 0.5) is 5.69 Å². The molecule has 1 aromatic rings. The number of nitrogens with one attached hydrogen (secondary N) is 2. The number of hydrogen-bond donors (Lipinski definition) is 2. The van der Waals surface area contributed by atoms with Gasteiger partial charge < -0.3 is 10.6 Å². The second-order valence-electron chi connectivity index (χ2n) is 5.34. The zero-order valence-electron chi connectivity index (χ0n) is 11.0. The molecule has 1 aliphatic carbocycles. The molecule has 2 N–H and O–H groups in total. The molecule has 2 atom stereocenters. The lowest BCUT2D eigenvalue weighted by atomic mass is 10.0. The van der Waals surface area contributed by atoms with E-state index in [1.807, 2.05) is 0 Å². The SMILES string of the molecule is N#CC1CCCC1NC(=O)c1ccc2c(c1)NC(=O)C2. The van der Waals surface area contributed by atoms with E-state index >= 15 is 0 Å². The van der Waals surface area contributed by atoms with Gasteiger partial charge in [0.05, 0.1) is 18.4 Å². The van der Waals surface area contributed by atoms with Gasteiger partial charge in [-0.3, -0.25) is 9.59 Å². The Bertz CT molecular complexity index is 618. The number of nitrogens with zero attached hydrogens (tertiary/aromatic N) is 1. The van der Waals surface area contributed by atoms with Gasteiger partial charge in [-0.15, -0.1) is 0 Å². The second kappa shape index (κ2) is 4.97. The highest BCUT2D eigenvalue weighted by Gasteiger charge is 2.29. The maximum Gasteiger partial charge on any atom is 0.251 e. The van der Waals surface area contributed by atoms with Crippen LogP contribution in [0, 0.1) is 17.2 Å². The van der Waals surface area contributed by atoms with Crippen LogP contribution in [-0.4, -0.2) is 17.9 Å². The van der Waals surface area contributed by atoms with Gasteiger partial charge in [-0.05, 0) is 37.0 Å². The summed E-state index contributed by atoms with van der Waals surface area (Å²) in [5.41, 5.74) is 2.16. The summed E-state index contributed by atoms with van der Waals surface area (Å²) in [6.45, 7) is 0. The molecule has 0 saturated heterocycles. The Morgan fingerprint density at radius 3 is 3.05 bits per heavy atom. The van der Waals surface area contributed by atoms with Crippen molar-refractivity contribution >= 4 is 17.5 Å². The molecule has 5 heteroatoms. The minimum Gasteiger partial charge on any atom is -0.348 e. The average molecular weight is 269 g/mol. The van der Waals surface area contributed by atoms with Gasteiger partial charge in [0.2, 0.25) is 5.91 Å². The van der Waals surface area contributed by atoms with Crippen molar-refractivity contribution in [1.29, 1.82) is 5.26 Å². The number of fused-ring (bicyclic) bond motifs is 1. The molecule has 1 heterocycles. The molecule has 3 rings (SSSR count). The van der Waals surface area contributed by atoms with Crippen LogP contribution in [0.1, 0.15) is 35.2 Å². The largest absolute Gasteiger partial charge is 0.348 e. The van der Waals surface area contributed by atoms with Gasteiger partial charge in [0.15, 0.2) is 0 Å². The molecule has 0 radical (unpaired) electrons. The molecule has 0 aromatic heterocycles. The summed E-state index contributed by atoms with van der Waals surface area (Å²) >= 11 is 0. The fourth-order valence-corrected chi connectivity index (χ4v) is 2.89. The maximum atomic E-state index is 12.2. The Balaban J connectivity index is 1.74. The monoisotopic (exact) mass is 269 g/mol. The summed E-state index contributed by atoms with van der Waals surface area (Å²) in [7, 11) is 0. The van der Waals surface area contributed by atoms with Gasteiger partial charge in [0, 0.05) is 17.3 Å². The Labute approximate surface area is 117 Å². The molecule has 1 aromatic carbocycles. The molecule has 1 fully saturated rings. The van der Waals surface area contributed by atoms with E-state index in [0.717, 1.165) is 24.8 Å². The lowest BCUT2D eigenvalue weighted by Crippen LogP contribution is -2.36. The number of carbonyl (C=O) groups excluding carboxylic acids is 2. The van der Waals surface area contributed by atoms with Crippen LogP contribution in [0.3, 0.4) is 0 Å². The first-order chi connectivity index (χ1) is 9.67. The number of amides is 2. The van der Waals surface area contributed by atoms with Crippen LogP contribution in [0.5, 0.6) is 0 Å². The topological polar surface area (TPSA) is 82.0 Å². The normalized spacial score (nSPS) is 23.9. The average Bonchev–Trinajstić information content (AvgIpc) is 3.02. The molecule has 5 nitrogen and oxygen atoms in total. The zero-order valence-corrected chi connectivity index (χ0v) is 11.0. The van der Waals surface area contributed by atoms with Gasteiger partial charge in [-0.2, -0.15) is 5.26 Å². The Morgan fingerprint density at radius 2 is 2.25 bits per heavy atom. The van der Waals surface area contributed by atoms with Gasteiger partial charge in [0.1, 0.15) is 0 Å². The van der Waals surface area contributed by atoms with Crippen molar-refractivity contribution in [2.75, 3.05) is 5.32 Å². The fraction of sp³-hybridized carbons (Fsp3) is 0.400. The van der Waals surface area contributed by atoms with Crippen LogP contribution in [0.2, 0.25) is 0 Å². The Hall–Kier alpha value is -2.35. The zero-order chi connectivity index (χ0) is 14.1. The number of hydrogen-bond acceptors (Lipinski definition) is 3. The van der Waals surface area contributed by atoms with Crippen molar-refractivity contribution in [1.82, 2.24) is 5.32 Å². The number of carbonyl (C=O) groups is 2. The highest BCUT2D eigenvalue weighted by atomic mass is 16.2. The first-order valence-corrected chi connectivity index (χ1v) is 6.80. The van der Waals surface area contributed by atoms with Gasteiger partial charge in [0.25, 0.3) is 5.91 Å². The van der Waals surface area contributed by atoms with E-state index in [9.17, 15) is 9.59 Å². The van der Waals surface area contributed by atoms with Crippen molar-refractivity contribution in [2.24, 2.45) is 5.92 Å². The summed E-state index contributed by atoms with van der Waals surface area (Å²) in [5, 5.41) is 14.7. The molecule has 1 saturated carbocycles. The van der Waals surface area contributed by atoms with Crippen molar-refractivity contribution < 1.29 is 9.59 Å². The Kier molecular flexibility index (Phi) is 3.15. The minimum absolute atomic E-state index is 0.0436. The standard InChI is InChI=1S/C15H15N3O2/c16-8-11-2-1-3-12(11)18-15(20)10-5-4-9-7-14(19)17-13(9)6-10/h4-6,11-12H,1-3,7H2,(H,17,19)(H,18,20). The first-order valence-electron chi connectivity index (χ1n) is 6.80. The van der Waals surface area contributed by atoms with Crippen molar-refractivity contribution in [3.05, 3.63) is 29.3 Å². The van der Waals surface area contributed by atoms with E-state index in [1.54, 1.807) is 18.2 Å². The molecule has 1 aliphatic heterocycles. The summed E-state index contributed by atoms with van der Waals surface area (Å²) in [5.74, 6) is -0.313. The predicted octanol–water partition coefficient (Wildman–Crippen LogP) is 1.60. The van der Waals surface area contributed by atoms with Crippen LogP contribution in [0.25, 0.3) is 0 Å². The number of benzene rings is 1. The summed E-state index contributed by atoms with van der Waals surface area (Å²) in [6, 6.07) is 7.42. The summed E-state index contributed by atoms with van der Waals surface area (Å²) in [6.07, 6.45) is 3.05. The number of nitriles is 1. The lowest BCUT2D eigenvalue weighted by Gasteiger charge is -2.15. The molecule has 2 amide bonds. The van der Waals surface area contributed by atoms with E-state index < -0.39 is 0 Å². The molecular weight excluding hydrogens is 254 g/mol. The molecular formula is C15H15N3O2. The Morgan fingerprint density at radius 1 is 1.40 bits per heavy atom. The highest BCUT2D eigenvalue weighted by Crippen LogP contribution is 2.26. The predicted molar refractivity (Wildman–Crippen MR) is 73.0 cm³/mol. The minimum atomic E-state index is -0.180. The number of anilines is 1. The van der Waals surface area contributed by atoms with Crippen LogP contribution < -0.4 is 10.6 Å². The quantitative estimate of drug-likeness (QED) is 0.855. The molecule has 2 unspecified atom stereocenters. The lowest BCUT2D eigenvalue weighted by molar-refractivity contribution is -0.115. The smallest absolute Gasteiger partial charge is 0.251 e. The van der Waals surface area contributed by atoms with E-state index in [-0.39, 0.29) is 23.8 Å². The van der Waals surface area contributed by atoms with E-state index in [0.29, 0.717) is 17.7 Å². The van der Waals surface area contributed by atoms with E-state index in [2.05, 4.69) is 16.7 Å². The second-order valence-corrected chi connectivity index (χ2v) is 5.34. The van der Waals surface area contributed by atoms with Crippen LogP contribution >= 0.6 is 0 Å². The summed E-state index contributed by atoms with van der Waals surface area (Å²) < 4.78 is 0.